The average molecular weight is 270 g/mol. The van der Waals surface area contributed by atoms with Gasteiger partial charge in [-0.15, -0.1) is 0 Å². The van der Waals surface area contributed by atoms with Crippen molar-refractivity contribution in [2.45, 2.75) is 71.3 Å². The van der Waals surface area contributed by atoms with Crippen LogP contribution in [0.5, 0.6) is 0 Å². The monoisotopic (exact) mass is 270 g/mol. The summed E-state index contributed by atoms with van der Waals surface area (Å²) in [5, 5.41) is 0. The van der Waals surface area contributed by atoms with E-state index < -0.39 is 0 Å². The molecule has 0 amide bonds. The Morgan fingerprint density at radius 2 is 1.95 bits per heavy atom. The van der Waals surface area contributed by atoms with Crippen molar-refractivity contribution >= 4 is 11.9 Å². The van der Waals surface area contributed by atoms with E-state index in [2.05, 4.69) is 0 Å². The highest BCUT2D eigenvalue weighted by Crippen LogP contribution is 2.21. The van der Waals surface area contributed by atoms with E-state index in [1.54, 1.807) is 0 Å². The Morgan fingerprint density at radius 1 is 1.26 bits per heavy atom. The van der Waals surface area contributed by atoms with Gasteiger partial charge in [-0.05, 0) is 33.1 Å². The molecular formula is C15H26O4. The van der Waals surface area contributed by atoms with Crippen LogP contribution in [0.3, 0.4) is 0 Å². The van der Waals surface area contributed by atoms with Crippen LogP contribution in [0.25, 0.3) is 0 Å². The lowest BCUT2D eigenvalue weighted by Crippen LogP contribution is -2.25. The molecule has 0 bridgehead atoms. The highest BCUT2D eigenvalue weighted by Gasteiger charge is 2.24. The molecule has 0 radical (unpaired) electrons. The number of rotatable bonds is 2. The molecule has 0 aromatic heterocycles. The molecule has 1 rings (SSSR count). The topological polar surface area (TPSA) is 52.6 Å². The Morgan fingerprint density at radius 3 is 2.68 bits per heavy atom. The fourth-order valence-electron chi connectivity index (χ4n) is 2.51. The Hall–Kier alpha value is -1.06. The number of carbonyl (C=O) groups excluding carboxylic acids is 2. The van der Waals surface area contributed by atoms with E-state index in [0.29, 0.717) is 19.4 Å². The number of hydrogen-bond acceptors (Lipinski definition) is 4. The molecule has 0 spiro atoms. The first-order valence-electron chi connectivity index (χ1n) is 7.49. The number of cyclic esters (lactones) is 1. The van der Waals surface area contributed by atoms with E-state index in [-0.39, 0.29) is 24.0 Å². The van der Waals surface area contributed by atoms with Crippen LogP contribution in [-0.4, -0.2) is 24.6 Å². The second-order valence-corrected chi connectivity index (χ2v) is 5.29. The van der Waals surface area contributed by atoms with Gasteiger partial charge in [0.2, 0.25) is 0 Å². The van der Waals surface area contributed by atoms with Crippen LogP contribution < -0.4 is 0 Å². The first-order chi connectivity index (χ1) is 9.13. The maximum absolute atomic E-state index is 11.9. The van der Waals surface area contributed by atoms with Gasteiger partial charge in [-0.2, -0.15) is 0 Å². The molecule has 1 fully saturated rings. The molecule has 0 aromatic carbocycles. The highest BCUT2D eigenvalue weighted by atomic mass is 16.5. The Bertz CT molecular complexity index is 288. The van der Waals surface area contributed by atoms with Crippen LogP contribution in [0.15, 0.2) is 0 Å². The molecule has 2 unspecified atom stereocenters. The predicted octanol–water partition coefficient (Wildman–Crippen LogP) is 3.23. The van der Waals surface area contributed by atoms with Gasteiger partial charge in [0.25, 0.3) is 0 Å². The minimum absolute atomic E-state index is 0.137. The number of hydrogen-bond donors (Lipinski definition) is 0. The van der Waals surface area contributed by atoms with Gasteiger partial charge < -0.3 is 9.47 Å². The van der Waals surface area contributed by atoms with Crippen LogP contribution in [0.2, 0.25) is 0 Å². The first-order valence-corrected chi connectivity index (χ1v) is 7.49. The standard InChI is InChI=1S/C15H26O4/c1-3-18-15(17)13-9-7-5-4-6-8-10-14(16)19-12(2)11-13/h12-13H,3-11H2,1-2H3. The minimum atomic E-state index is -0.207. The molecule has 110 valence electrons. The molecule has 19 heavy (non-hydrogen) atoms. The van der Waals surface area contributed by atoms with Crippen molar-refractivity contribution in [3.8, 4) is 0 Å². The van der Waals surface area contributed by atoms with Crippen LogP contribution in [0.1, 0.15) is 65.2 Å². The summed E-state index contributed by atoms with van der Waals surface area (Å²) in [6, 6.07) is 0. The van der Waals surface area contributed by atoms with Crippen LogP contribution in [0, 0.1) is 5.92 Å². The molecule has 1 heterocycles. The van der Waals surface area contributed by atoms with Gasteiger partial charge in [0.15, 0.2) is 0 Å². The van der Waals surface area contributed by atoms with Gasteiger partial charge in [0, 0.05) is 6.42 Å². The van der Waals surface area contributed by atoms with Crippen molar-refractivity contribution in [3.63, 3.8) is 0 Å². The number of ether oxygens (including phenoxy) is 2. The van der Waals surface area contributed by atoms with Crippen LogP contribution in [-0.2, 0) is 19.1 Å². The molecule has 0 N–H and O–H groups in total. The second-order valence-electron chi connectivity index (χ2n) is 5.29. The Kier molecular flexibility index (Phi) is 7.53. The molecule has 1 aliphatic heterocycles. The molecule has 1 aliphatic rings. The Labute approximate surface area is 115 Å². The summed E-state index contributed by atoms with van der Waals surface area (Å²) < 4.78 is 10.4. The normalized spacial score (nSPS) is 26.7. The van der Waals surface area contributed by atoms with Crippen molar-refractivity contribution in [2.75, 3.05) is 6.61 Å². The lowest BCUT2D eigenvalue weighted by atomic mass is 9.94. The van der Waals surface area contributed by atoms with Gasteiger partial charge in [0.05, 0.1) is 18.6 Å². The molecule has 4 nitrogen and oxygen atoms in total. The van der Waals surface area contributed by atoms with Crippen molar-refractivity contribution in [1.82, 2.24) is 0 Å². The quantitative estimate of drug-likeness (QED) is 0.723. The third kappa shape index (κ3) is 6.60. The lowest BCUT2D eigenvalue weighted by Gasteiger charge is -2.21. The molecule has 0 saturated carbocycles. The first kappa shape index (κ1) is 16.0. The smallest absolute Gasteiger partial charge is 0.309 e. The minimum Gasteiger partial charge on any atom is -0.466 e. The number of esters is 2. The fourth-order valence-corrected chi connectivity index (χ4v) is 2.51. The second kappa shape index (κ2) is 8.94. The van der Waals surface area contributed by atoms with E-state index in [1.807, 2.05) is 13.8 Å². The SMILES string of the molecule is CCOC(=O)C1CCCCCCCC(=O)OC(C)C1. The Balaban J connectivity index is 2.56. The van der Waals surface area contributed by atoms with Crippen molar-refractivity contribution in [1.29, 1.82) is 0 Å². The number of carbonyl (C=O) groups is 2. The lowest BCUT2D eigenvalue weighted by molar-refractivity contribution is -0.155. The summed E-state index contributed by atoms with van der Waals surface area (Å²) in [4.78, 5) is 23.5. The van der Waals surface area contributed by atoms with Gasteiger partial charge in [-0.3, -0.25) is 9.59 Å². The third-order valence-corrected chi connectivity index (χ3v) is 3.50. The largest absolute Gasteiger partial charge is 0.466 e. The maximum atomic E-state index is 11.9. The molecule has 4 heteroatoms. The van der Waals surface area contributed by atoms with E-state index in [0.717, 1.165) is 38.5 Å². The van der Waals surface area contributed by atoms with Crippen molar-refractivity contribution < 1.29 is 19.1 Å². The van der Waals surface area contributed by atoms with Crippen LogP contribution in [0.4, 0.5) is 0 Å². The summed E-state index contributed by atoms with van der Waals surface area (Å²) in [7, 11) is 0. The van der Waals surface area contributed by atoms with E-state index >= 15 is 0 Å². The summed E-state index contributed by atoms with van der Waals surface area (Å²) in [6.45, 7) is 4.08. The van der Waals surface area contributed by atoms with Gasteiger partial charge in [-0.1, -0.05) is 25.7 Å². The molecule has 0 aromatic rings. The van der Waals surface area contributed by atoms with Crippen LogP contribution >= 0.6 is 0 Å². The van der Waals surface area contributed by atoms with Gasteiger partial charge in [0.1, 0.15) is 0 Å². The van der Waals surface area contributed by atoms with Gasteiger partial charge >= 0.3 is 11.9 Å². The average Bonchev–Trinajstić information content (AvgIpc) is 2.34. The summed E-state index contributed by atoms with van der Waals surface area (Å²) >= 11 is 0. The van der Waals surface area contributed by atoms with Gasteiger partial charge in [-0.25, -0.2) is 0 Å². The summed E-state index contributed by atoms with van der Waals surface area (Å²) in [6.07, 6.45) is 6.96. The molecular weight excluding hydrogens is 244 g/mol. The van der Waals surface area contributed by atoms with E-state index in [4.69, 9.17) is 9.47 Å². The highest BCUT2D eigenvalue weighted by molar-refractivity contribution is 5.72. The summed E-state index contributed by atoms with van der Waals surface area (Å²) in [5.41, 5.74) is 0. The third-order valence-electron chi connectivity index (χ3n) is 3.50. The zero-order valence-electron chi connectivity index (χ0n) is 12.2. The zero-order valence-corrected chi connectivity index (χ0v) is 12.2. The summed E-state index contributed by atoms with van der Waals surface area (Å²) in [5.74, 6) is -0.430. The molecule has 2 atom stereocenters. The zero-order chi connectivity index (χ0) is 14.1. The molecule has 1 saturated heterocycles. The van der Waals surface area contributed by atoms with E-state index in [9.17, 15) is 9.59 Å². The molecule has 0 aliphatic carbocycles. The fraction of sp³-hybridized carbons (Fsp3) is 0.867. The van der Waals surface area contributed by atoms with E-state index in [1.165, 1.54) is 0 Å². The maximum Gasteiger partial charge on any atom is 0.309 e. The van der Waals surface area contributed by atoms with Crippen molar-refractivity contribution in [2.24, 2.45) is 5.92 Å². The van der Waals surface area contributed by atoms with Crippen molar-refractivity contribution in [3.05, 3.63) is 0 Å². The predicted molar refractivity (Wildman–Crippen MR) is 72.6 cm³/mol.